The maximum absolute atomic E-state index is 13.7. The first-order valence-corrected chi connectivity index (χ1v) is 9.76. The Morgan fingerprint density at radius 2 is 1.82 bits per heavy atom. The van der Waals surface area contributed by atoms with Crippen LogP contribution in [-0.2, 0) is 13.0 Å². The van der Waals surface area contributed by atoms with Gasteiger partial charge < -0.3 is 16.0 Å². The monoisotopic (exact) mass is 384 g/mol. The van der Waals surface area contributed by atoms with E-state index in [9.17, 15) is 9.18 Å². The minimum Gasteiger partial charge on any atom is -0.357 e. The maximum Gasteiger partial charge on any atom is 0.251 e. The van der Waals surface area contributed by atoms with Gasteiger partial charge in [-0.1, -0.05) is 37.3 Å². The lowest BCUT2D eigenvalue weighted by molar-refractivity contribution is 0.0953. The van der Waals surface area contributed by atoms with Gasteiger partial charge in [0.2, 0.25) is 0 Å². The highest BCUT2D eigenvalue weighted by Crippen LogP contribution is 2.08. The standard InChI is InChI=1S/C22H29FN4O/c1-3-13-25-21(28)19-10-7-8-17(15-19)16-27-22(24-4-2)26-14-12-18-9-5-6-11-20(18)23/h5-11,15H,3-4,12-14,16H2,1-2H3,(H,25,28)(H2,24,26,27). The average Bonchev–Trinajstić information content (AvgIpc) is 2.71. The van der Waals surface area contributed by atoms with E-state index in [4.69, 9.17) is 0 Å². The SMILES string of the molecule is CCCNC(=O)c1cccc(CN=C(NCC)NCCc2ccccc2F)c1. The predicted octanol–water partition coefficient (Wildman–Crippen LogP) is 3.26. The van der Waals surface area contributed by atoms with Gasteiger partial charge in [-0.15, -0.1) is 0 Å². The van der Waals surface area contributed by atoms with Crippen LogP contribution in [0.25, 0.3) is 0 Å². The molecule has 0 aliphatic heterocycles. The molecule has 0 spiro atoms. The first kappa shape index (κ1) is 21.4. The normalized spacial score (nSPS) is 11.2. The van der Waals surface area contributed by atoms with Crippen LogP contribution in [0.4, 0.5) is 4.39 Å². The lowest BCUT2D eigenvalue weighted by atomic mass is 10.1. The first-order valence-electron chi connectivity index (χ1n) is 9.76. The van der Waals surface area contributed by atoms with Crippen LogP contribution in [0.15, 0.2) is 53.5 Å². The van der Waals surface area contributed by atoms with Crippen LogP contribution in [0.3, 0.4) is 0 Å². The second-order valence-corrected chi connectivity index (χ2v) is 6.42. The van der Waals surface area contributed by atoms with E-state index in [1.165, 1.54) is 6.07 Å². The van der Waals surface area contributed by atoms with Crippen molar-refractivity contribution in [2.45, 2.75) is 33.2 Å². The van der Waals surface area contributed by atoms with E-state index in [0.717, 1.165) is 18.5 Å². The number of aliphatic imine (C=N–C) groups is 1. The van der Waals surface area contributed by atoms with Crippen LogP contribution in [0, 0.1) is 5.82 Å². The van der Waals surface area contributed by atoms with E-state index in [-0.39, 0.29) is 11.7 Å². The number of nitrogens with one attached hydrogen (secondary N) is 3. The minimum absolute atomic E-state index is 0.0670. The fourth-order valence-corrected chi connectivity index (χ4v) is 2.68. The zero-order valence-corrected chi connectivity index (χ0v) is 16.6. The summed E-state index contributed by atoms with van der Waals surface area (Å²) >= 11 is 0. The number of benzene rings is 2. The lowest BCUT2D eigenvalue weighted by Gasteiger charge is -2.12. The molecular formula is C22H29FN4O. The van der Waals surface area contributed by atoms with Crippen molar-refractivity contribution in [3.63, 3.8) is 0 Å². The Balaban J connectivity index is 1.94. The Labute approximate surface area is 166 Å². The number of guanidine groups is 1. The Bertz CT molecular complexity index is 792. The largest absolute Gasteiger partial charge is 0.357 e. The summed E-state index contributed by atoms with van der Waals surface area (Å²) in [4.78, 5) is 16.7. The predicted molar refractivity (Wildman–Crippen MR) is 112 cm³/mol. The third-order valence-electron chi connectivity index (χ3n) is 4.13. The molecule has 3 N–H and O–H groups in total. The minimum atomic E-state index is -0.190. The summed E-state index contributed by atoms with van der Waals surface area (Å²) in [6.07, 6.45) is 1.48. The molecule has 0 radical (unpaired) electrons. The Kier molecular flexibility index (Phi) is 8.98. The summed E-state index contributed by atoms with van der Waals surface area (Å²) in [5.74, 6) is 0.409. The summed E-state index contributed by atoms with van der Waals surface area (Å²) in [7, 11) is 0. The fraction of sp³-hybridized carbons (Fsp3) is 0.364. The fourth-order valence-electron chi connectivity index (χ4n) is 2.68. The quantitative estimate of drug-likeness (QED) is 0.459. The molecule has 0 heterocycles. The summed E-state index contributed by atoms with van der Waals surface area (Å²) in [6, 6.07) is 14.3. The third kappa shape index (κ3) is 7.02. The maximum atomic E-state index is 13.7. The summed E-state index contributed by atoms with van der Waals surface area (Å²) in [5, 5.41) is 9.29. The van der Waals surface area contributed by atoms with Crippen molar-refractivity contribution < 1.29 is 9.18 Å². The van der Waals surface area contributed by atoms with Gasteiger partial charge in [-0.05, 0) is 49.1 Å². The van der Waals surface area contributed by atoms with Crippen LogP contribution in [0.2, 0.25) is 0 Å². The molecule has 0 bridgehead atoms. The van der Waals surface area contributed by atoms with Gasteiger partial charge in [0.1, 0.15) is 5.82 Å². The summed E-state index contributed by atoms with van der Waals surface area (Å²) < 4.78 is 13.7. The molecule has 28 heavy (non-hydrogen) atoms. The molecule has 6 heteroatoms. The molecule has 0 unspecified atom stereocenters. The zero-order chi connectivity index (χ0) is 20.2. The van der Waals surface area contributed by atoms with Gasteiger partial charge >= 0.3 is 0 Å². The molecule has 0 saturated carbocycles. The van der Waals surface area contributed by atoms with Gasteiger partial charge in [0.05, 0.1) is 6.54 Å². The first-order chi connectivity index (χ1) is 13.6. The van der Waals surface area contributed by atoms with E-state index in [2.05, 4.69) is 20.9 Å². The third-order valence-corrected chi connectivity index (χ3v) is 4.13. The van der Waals surface area contributed by atoms with Crippen molar-refractivity contribution in [2.75, 3.05) is 19.6 Å². The molecule has 2 aromatic rings. The number of hydrogen-bond acceptors (Lipinski definition) is 2. The van der Waals surface area contributed by atoms with Gasteiger partial charge in [0.25, 0.3) is 5.91 Å². The molecule has 0 aliphatic rings. The van der Waals surface area contributed by atoms with E-state index in [0.29, 0.717) is 43.1 Å². The van der Waals surface area contributed by atoms with E-state index >= 15 is 0 Å². The van der Waals surface area contributed by atoms with Crippen LogP contribution >= 0.6 is 0 Å². The topological polar surface area (TPSA) is 65.5 Å². The number of hydrogen-bond donors (Lipinski definition) is 3. The molecular weight excluding hydrogens is 355 g/mol. The molecule has 0 aliphatic carbocycles. The molecule has 0 atom stereocenters. The number of halogens is 1. The van der Waals surface area contributed by atoms with E-state index in [1.54, 1.807) is 18.2 Å². The molecule has 0 aromatic heterocycles. The van der Waals surface area contributed by atoms with Crippen LogP contribution in [0.5, 0.6) is 0 Å². The van der Waals surface area contributed by atoms with Crippen LogP contribution in [0.1, 0.15) is 41.8 Å². The highest BCUT2D eigenvalue weighted by atomic mass is 19.1. The van der Waals surface area contributed by atoms with Crippen molar-refractivity contribution in [3.8, 4) is 0 Å². The summed E-state index contributed by atoms with van der Waals surface area (Å²) in [6.45, 7) is 6.43. The summed E-state index contributed by atoms with van der Waals surface area (Å²) in [5.41, 5.74) is 2.27. The van der Waals surface area contributed by atoms with E-state index < -0.39 is 0 Å². The number of amides is 1. The van der Waals surface area contributed by atoms with Gasteiger partial charge in [-0.2, -0.15) is 0 Å². The van der Waals surface area contributed by atoms with Crippen molar-refractivity contribution in [2.24, 2.45) is 4.99 Å². The van der Waals surface area contributed by atoms with Crippen molar-refractivity contribution in [3.05, 3.63) is 71.0 Å². The van der Waals surface area contributed by atoms with Gasteiger partial charge in [0, 0.05) is 25.2 Å². The second kappa shape index (κ2) is 11.7. The average molecular weight is 384 g/mol. The Hall–Kier alpha value is -2.89. The van der Waals surface area contributed by atoms with Crippen molar-refractivity contribution in [1.82, 2.24) is 16.0 Å². The van der Waals surface area contributed by atoms with Gasteiger partial charge in [0.15, 0.2) is 5.96 Å². The van der Waals surface area contributed by atoms with Gasteiger partial charge in [-0.3, -0.25) is 4.79 Å². The Morgan fingerprint density at radius 1 is 1.00 bits per heavy atom. The lowest BCUT2D eigenvalue weighted by Crippen LogP contribution is -2.38. The zero-order valence-electron chi connectivity index (χ0n) is 16.6. The second-order valence-electron chi connectivity index (χ2n) is 6.42. The molecule has 5 nitrogen and oxygen atoms in total. The van der Waals surface area contributed by atoms with Crippen molar-refractivity contribution in [1.29, 1.82) is 0 Å². The van der Waals surface area contributed by atoms with E-state index in [1.807, 2.05) is 38.1 Å². The number of rotatable bonds is 9. The molecule has 1 amide bonds. The molecule has 0 saturated heterocycles. The van der Waals surface area contributed by atoms with Gasteiger partial charge in [-0.25, -0.2) is 9.38 Å². The Morgan fingerprint density at radius 3 is 2.57 bits per heavy atom. The highest BCUT2D eigenvalue weighted by Gasteiger charge is 2.06. The molecule has 2 aromatic carbocycles. The highest BCUT2D eigenvalue weighted by molar-refractivity contribution is 5.94. The molecule has 0 fully saturated rings. The van der Waals surface area contributed by atoms with Crippen molar-refractivity contribution >= 4 is 11.9 Å². The van der Waals surface area contributed by atoms with Crippen LogP contribution in [-0.4, -0.2) is 31.5 Å². The van der Waals surface area contributed by atoms with Crippen LogP contribution < -0.4 is 16.0 Å². The molecule has 2 rings (SSSR count). The number of nitrogens with zero attached hydrogens (tertiary/aromatic N) is 1. The number of carbonyl (C=O) groups excluding carboxylic acids is 1. The molecule has 150 valence electrons. The number of carbonyl (C=O) groups is 1. The smallest absolute Gasteiger partial charge is 0.251 e.